The van der Waals surface area contributed by atoms with Gasteiger partial charge in [0.2, 0.25) is 5.76 Å². The van der Waals surface area contributed by atoms with Gasteiger partial charge in [-0.2, -0.15) is 0 Å². The lowest BCUT2D eigenvalue weighted by Crippen LogP contribution is -2.30. The van der Waals surface area contributed by atoms with E-state index in [9.17, 15) is 24.5 Å². The number of nitro benzene ring substituents is 1. The maximum absolute atomic E-state index is 12.8. The lowest BCUT2D eigenvalue weighted by atomic mass is 10.1. The number of hydrogen-bond acceptors (Lipinski definition) is 8. The summed E-state index contributed by atoms with van der Waals surface area (Å²) in [6.07, 6.45) is 1.51. The van der Waals surface area contributed by atoms with Crippen molar-refractivity contribution < 1.29 is 33.2 Å². The Balaban J connectivity index is 1.43. The molecule has 4 rings (SSSR count). The molecule has 0 saturated carbocycles. The Hall–Kier alpha value is -4.45. The molecule has 184 valence electrons. The molecule has 1 aliphatic rings. The quantitative estimate of drug-likeness (QED) is 0.141. The predicted molar refractivity (Wildman–Crippen MR) is 129 cm³/mol. The fraction of sp³-hybridized carbons (Fsp3) is 0.125. The minimum absolute atomic E-state index is 0.0228. The number of rotatable bonds is 8. The van der Waals surface area contributed by atoms with E-state index < -0.39 is 22.8 Å². The first-order chi connectivity index (χ1) is 17.2. The summed E-state index contributed by atoms with van der Waals surface area (Å²) in [6, 6.07) is 13.5. The fourth-order valence-electron chi connectivity index (χ4n) is 3.36. The van der Waals surface area contributed by atoms with Crippen molar-refractivity contribution in [1.82, 2.24) is 10.2 Å². The lowest BCUT2D eigenvalue weighted by Gasteiger charge is -2.10. The number of benzene rings is 2. The van der Waals surface area contributed by atoms with Crippen LogP contribution in [-0.4, -0.2) is 34.8 Å². The molecule has 0 radical (unpaired) electrons. The molecule has 1 aliphatic heterocycles. The van der Waals surface area contributed by atoms with Crippen LogP contribution in [0.15, 0.2) is 69.2 Å². The summed E-state index contributed by atoms with van der Waals surface area (Å²) in [5, 5.41) is 13.5. The number of ether oxygens (including phenoxy) is 2. The summed E-state index contributed by atoms with van der Waals surface area (Å²) in [6.45, 7) is -0.0399. The average molecular weight is 556 g/mol. The highest BCUT2D eigenvalue weighted by Gasteiger charge is 2.34. The van der Waals surface area contributed by atoms with Crippen LogP contribution in [0, 0.1) is 10.1 Å². The minimum atomic E-state index is -0.665. The third-order valence-corrected chi connectivity index (χ3v) is 5.73. The van der Waals surface area contributed by atoms with Crippen molar-refractivity contribution in [1.29, 1.82) is 0 Å². The summed E-state index contributed by atoms with van der Waals surface area (Å²) in [5.41, 5.74) is 1.29. The van der Waals surface area contributed by atoms with E-state index >= 15 is 0 Å². The summed E-state index contributed by atoms with van der Waals surface area (Å²) < 4.78 is 16.2. The lowest BCUT2D eigenvalue weighted by molar-refractivity contribution is -0.384. The van der Waals surface area contributed by atoms with Crippen LogP contribution in [0.4, 0.5) is 10.5 Å². The van der Waals surface area contributed by atoms with E-state index in [0.717, 1.165) is 4.90 Å². The van der Waals surface area contributed by atoms with Crippen LogP contribution in [0.2, 0.25) is 0 Å². The van der Waals surface area contributed by atoms with Gasteiger partial charge in [0, 0.05) is 12.1 Å². The number of carbonyl (C=O) groups excluding carboxylic acids is 3. The molecule has 0 atom stereocenters. The van der Waals surface area contributed by atoms with Crippen LogP contribution in [0.25, 0.3) is 6.08 Å². The standard InChI is InChI=1S/C24H18BrN3O8/c1-34-23(30)21-8-6-17(36-21)12-27-22(29)19(26-24(27)31)11-14-5-7-20(18(25)10-14)35-13-15-3-2-4-16(9-15)28(32)33/h2-11H,12-13H2,1H3,(H,26,31)/b19-11-. The zero-order valence-corrected chi connectivity index (χ0v) is 20.3. The second-order valence-corrected chi connectivity index (χ2v) is 8.40. The van der Waals surface area contributed by atoms with Crippen LogP contribution in [0.5, 0.6) is 5.75 Å². The number of nitrogens with zero attached hydrogens (tertiary/aromatic N) is 2. The molecule has 0 unspecified atom stereocenters. The van der Waals surface area contributed by atoms with Crippen LogP contribution in [0.1, 0.15) is 27.4 Å². The monoisotopic (exact) mass is 555 g/mol. The molecular formula is C24H18BrN3O8. The highest BCUT2D eigenvalue weighted by Crippen LogP contribution is 2.29. The molecule has 3 aromatic rings. The number of esters is 1. The van der Waals surface area contributed by atoms with Crippen LogP contribution < -0.4 is 10.1 Å². The van der Waals surface area contributed by atoms with Gasteiger partial charge in [0.15, 0.2) is 0 Å². The molecule has 1 fully saturated rings. The van der Waals surface area contributed by atoms with Gasteiger partial charge in [-0.3, -0.25) is 19.8 Å². The number of urea groups is 1. The first kappa shape index (κ1) is 24.7. The van der Waals surface area contributed by atoms with E-state index in [1.54, 1.807) is 30.3 Å². The van der Waals surface area contributed by atoms with Crippen molar-refractivity contribution in [3.63, 3.8) is 0 Å². The summed E-state index contributed by atoms with van der Waals surface area (Å²) in [7, 11) is 1.22. The summed E-state index contributed by atoms with van der Waals surface area (Å²) >= 11 is 3.42. The van der Waals surface area contributed by atoms with Crippen molar-refractivity contribution in [2.24, 2.45) is 0 Å². The number of methoxy groups -OCH3 is 1. The zero-order chi connectivity index (χ0) is 25.8. The minimum Gasteiger partial charge on any atom is -0.488 e. The molecule has 1 aromatic heterocycles. The van der Waals surface area contributed by atoms with E-state index in [-0.39, 0.29) is 36.1 Å². The number of halogens is 1. The topological polar surface area (TPSA) is 141 Å². The molecule has 0 bridgehead atoms. The molecule has 2 heterocycles. The largest absolute Gasteiger partial charge is 0.488 e. The highest BCUT2D eigenvalue weighted by molar-refractivity contribution is 9.10. The number of nitro groups is 1. The Kier molecular flexibility index (Phi) is 7.15. The van der Waals surface area contributed by atoms with E-state index in [0.29, 0.717) is 21.3 Å². The third kappa shape index (κ3) is 5.44. The predicted octanol–water partition coefficient (Wildman–Crippen LogP) is 4.41. The van der Waals surface area contributed by atoms with Crippen molar-refractivity contribution in [2.45, 2.75) is 13.2 Å². The normalized spacial score (nSPS) is 14.2. The highest BCUT2D eigenvalue weighted by atomic mass is 79.9. The first-order valence-electron chi connectivity index (χ1n) is 10.4. The van der Waals surface area contributed by atoms with E-state index in [1.807, 2.05) is 0 Å². The van der Waals surface area contributed by atoms with Gasteiger partial charge in [0.1, 0.15) is 23.8 Å². The van der Waals surface area contributed by atoms with Crippen LogP contribution in [0.3, 0.4) is 0 Å². The van der Waals surface area contributed by atoms with E-state index in [4.69, 9.17) is 9.15 Å². The van der Waals surface area contributed by atoms with Gasteiger partial charge < -0.3 is 19.2 Å². The maximum Gasteiger partial charge on any atom is 0.373 e. The zero-order valence-electron chi connectivity index (χ0n) is 18.7. The number of hydrogen-bond donors (Lipinski definition) is 1. The molecule has 2 aromatic carbocycles. The van der Waals surface area contributed by atoms with Crippen molar-refractivity contribution in [3.05, 3.63) is 97.5 Å². The second-order valence-electron chi connectivity index (χ2n) is 7.54. The Morgan fingerprint density at radius 2 is 2.00 bits per heavy atom. The van der Waals surface area contributed by atoms with Gasteiger partial charge >= 0.3 is 12.0 Å². The van der Waals surface area contributed by atoms with Crippen LogP contribution >= 0.6 is 15.9 Å². The van der Waals surface area contributed by atoms with E-state index in [1.165, 1.54) is 37.5 Å². The number of furan rings is 1. The van der Waals surface area contributed by atoms with Gasteiger partial charge in [0.05, 0.1) is 23.1 Å². The number of amides is 3. The van der Waals surface area contributed by atoms with Gasteiger partial charge in [-0.25, -0.2) is 9.59 Å². The van der Waals surface area contributed by atoms with Gasteiger partial charge in [0.25, 0.3) is 11.6 Å². The van der Waals surface area contributed by atoms with Gasteiger partial charge in [-0.15, -0.1) is 0 Å². The summed E-state index contributed by atoms with van der Waals surface area (Å²) in [4.78, 5) is 48.0. The summed E-state index contributed by atoms with van der Waals surface area (Å²) in [5.74, 6) is -0.521. The van der Waals surface area contributed by atoms with Gasteiger partial charge in [-0.05, 0) is 57.4 Å². The number of carbonyl (C=O) groups is 3. The molecule has 1 N–H and O–H groups in total. The fourth-order valence-corrected chi connectivity index (χ4v) is 3.87. The molecular weight excluding hydrogens is 538 g/mol. The molecule has 1 saturated heterocycles. The number of imide groups is 1. The first-order valence-corrected chi connectivity index (χ1v) is 11.2. The van der Waals surface area contributed by atoms with E-state index in [2.05, 4.69) is 26.0 Å². The molecule has 11 nitrogen and oxygen atoms in total. The molecule has 3 amide bonds. The van der Waals surface area contributed by atoms with Crippen molar-refractivity contribution in [2.75, 3.05) is 7.11 Å². The molecule has 36 heavy (non-hydrogen) atoms. The smallest absolute Gasteiger partial charge is 0.373 e. The van der Waals surface area contributed by atoms with Crippen molar-refractivity contribution >= 4 is 45.6 Å². The Morgan fingerprint density at radius 3 is 2.72 bits per heavy atom. The molecule has 0 aliphatic carbocycles. The number of non-ortho nitro benzene ring substituents is 1. The molecule has 0 spiro atoms. The molecule has 12 heteroatoms. The Bertz CT molecular complexity index is 1400. The SMILES string of the molecule is COC(=O)c1ccc(CN2C(=O)N/C(=C\c3ccc(OCc4cccc([N+](=O)[O-])c4)c(Br)c3)C2=O)o1. The number of nitrogens with one attached hydrogen (secondary N) is 1. The van der Waals surface area contributed by atoms with Gasteiger partial charge in [-0.1, -0.05) is 18.2 Å². The maximum atomic E-state index is 12.8. The van der Waals surface area contributed by atoms with Crippen molar-refractivity contribution in [3.8, 4) is 5.75 Å². The van der Waals surface area contributed by atoms with Crippen LogP contribution in [-0.2, 0) is 22.7 Å². The average Bonchev–Trinajstić information content (AvgIpc) is 3.43. The third-order valence-electron chi connectivity index (χ3n) is 5.11. The Labute approximate surface area is 212 Å². The second kappa shape index (κ2) is 10.4. The Morgan fingerprint density at radius 1 is 1.19 bits per heavy atom.